The van der Waals surface area contributed by atoms with Crippen molar-refractivity contribution < 1.29 is 9.59 Å². The maximum Gasteiger partial charge on any atom is 0.299 e. The Labute approximate surface area is 117 Å². The third kappa shape index (κ3) is 1.90. The van der Waals surface area contributed by atoms with Crippen molar-refractivity contribution in [2.45, 2.75) is 20.4 Å². The van der Waals surface area contributed by atoms with Crippen LogP contribution in [-0.4, -0.2) is 16.7 Å². The lowest BCUT2D eigenvalue weighted by Crippen LogP contribution is -2.29. The predicted molar refractivity (Wildman–Crippen MR) is 75.7 cm³/mol. The molecule has 0 bridgehead atoms. The molecule has 0 unspecified atom stereocenters. The predicted octanol–water partition coefficient (Wildman–Crippen LogP) is 2.43. The second-order valence-corrected chi connectivity index (χ2v) is 5.01. The van der Waals surface area contributed by atoms with Gasteiger partial charge < -0.3 is 0 Å². The number of Topliss-reactive ketones (excluding diaryl/α,β-unsaturated/α-hetero) is 1. The fourth-order valence-electron chi connectivity index (χ4n) is 2.40. The molecule has 4 heteroatoms. The summed E-state index contributed by atoms with van der Waals surface area (Å²) in [4.78, 5) is 30.0. The number of nitrogens with zero attached hydrogens (tertiary/aromatic N) is 2. The Kier molecular flexibility index (Phi) is 2.86. The number of amides is 1. The van der Waals surface area contributed by atoms with Crippen LogP contribution in [0.25, 0.3) is 0 Å². The molecule has 0 fully saturated rings. The number of hydrogen-bond donors (Lipinski definition) is 0. The normalized spacial score (nSPS) is 13.8. The molecule has 100 valence electrons. The van der Waals surface area contributed by atoms with Gasteiger partial charge in [-0.3, -0.25) is 19.5 Å². The number of rotatable bonds is 2. The third-order valence-electron chi connectivity index (χ3n) is 3.55. The molecule has 0 aliphatic carbocycles. The Hall–Kier alpha value is -2.49. The van der Waals surface area contributed by atoms with Gasteiger partial charge in [-0.2, -0.15) is 0 Å². The molecule has 0 radical (unpaired) electrons. The second kappa shape index (κ2) is 4.56. The Bertz CT molecular complexity index is 722. The highest BCUT2D eigenvalue weighted by molar-refractivity contribution is 6.52. The number of benzene rings is 1. The van der Waals surface area contributed by atoms with E-state index in [-0.39, 0.29) is 0 Å². The summed E-state index contributed by atoms with van der Waals surface area (Å²) in [6.07, 6.45) is 1.70. The van der Waals surface area contributed by atoms with Gasteiger partial charge in [-0.15, -0.1) is 0 Å². The lowest BCUT2D eigenvalue weighted by atomic mass is 10.1. The molecule has 3 rings (SSSR count). The quantitative estimate of drug-likeness (QED) is 0.784. The molecule has 1 aliphatic heterocycles. The number of carbonyl (C=O) groups is 2. The number of pyridine rings is 1. The topological polar surface area (TPSA) is 50.3 Å². The average Bonchev–Trinajstić information content (AvgIpc) is 2.66. The second-order valence-electron chi connectivity index (χ2n) is 5.01. The molecule has 0 saturated carbocycles. The lowest BCUT2D eigenvalue weighted by Gasteiger charge is -2.17. The van der Waals surface area contributed by atoms with Crippen LogP contribution < -0.4 is 4.90 Å². The zero-order chi connectivity index (χ0) is 14.3. The van der Waals surface area contributed by atoms with Gasteiger partial charge in [0, 0.05) is 6.20 Å². The first kappa shape index (κ1) is 12.5. The van der Waals surface area contributed by atoms with E-state index in [1.165, 1.54) is 4.90 Å². The lowest BCUT2D eigenvalue weighted by molar-refractivity contribution is -0.114. The van der Waals surface area contributed by atoms with E-state index >= 15 is 0 Å². The van der Waals surface area contributed by atoms with Crippen molar-refractivity contribution >= 4 is 17.4 Å². The van der Waals surface area contributed by atoms with Crippen molar-refractivity contribution in [2.75, 3.05) is 4.90 Å². The van der Waals surface area contributed by atoms with Crippen molar-refractivity contribution in [3.05, 3.63) is 58.9 Å². The van der Waals surface area contributed by atoms with Gasteiger partial charge in [0.1, 0.15) is 0 Å². The van der Waals surface area contributed by atoms with Crippen LogP contribution in [0.2, 0.25) is 0 Å². The molecule has 0 N–H and O–H groups in total. The highest BCUT2D eigenvalue weighted by atomic mass is 16.2. The summed E-state index contributed by atoms with van der Waals surface area (Å²) in [5.74, 6) is -0.909. The van der Waals surface area contributed by atoms with Gasteiger partial charge in [0.15, 0.2) is 0 Å². The number of ketones is 1. The molecule has 2 aromatic rings. The molecule has 1 amide bonds. The maximum absolute atomic E-state index is 12.1. The number of hydrogen-bond acceptors (Lipinski definition) is 3. The molecular weight excluding hydrogens is 252 g/mol. The van der Waals surface area contributed by atoms with Crippen molar-refractivity contribution in [3.63, 3.8) is 0 Å². The molecule has 20 heavy (non-hydrogen) atoms. The average molecular weight is 266 g/mol. The highest BCUT2D eigenvalue weighted by Gasteiger charge is 2.35. The number of aryl methyl sites for hydroxylation is 2. The van der Waals surface area contributed by atoms with Gasteiger partial charge in [0.25, 0.3) is 11.7 Å². The minimum atomic E-state index is -0.476. The number of aromatic nitrogens is 1. The van der Waals surface area contributed by atoms with E-state index in [0.29, 0.717) is 17.8 Å². The zero-order valence-corrected chi connectivity index (χ0v) is 11.4. The minimum absolute atomic E-state index is 0.327. The summed E-state index contributed by atoms with van der Waals surface area (Å²) in [5, 5.41) is 0. The van der Waals surface area contributed by atoms with Gasteiger partial charge in [-0.1, -0.05) is 17.7 Å². The van der Waals surface area contributed by atoms with Crippen molar-refractivity contribution in [3.8, 4) is 0 Å². The number of fused-ring (bicyclic) bond motifs is 1. The Morgan fingerprint density at radius 1 is 1.15 bits per heavy atom. The van der Waals surface area contributed by atoms with Crippen LogP contribution in [0, 0.1) is 13.8 Å². The first-order valence-corrected chi connectivity index (χ1v) is 6.45. The number of carbonyl (C=O) groups excluding carboxylic acids is 2. The summed E-state index contributed by atoms with van der Waals surface area (Å²) in [5.41, 5.74) is 3.95. The minimum Gasteiger partial charge on any atom is -0.299 e. The van der Waals surface area contributed by atoms with E-state index in [4.69, 9.17) is 0 Å². The van der Waals surface area contributed by atoms with E-state index in [0.717, 1.165) is 16.8 Å². The molecule has 4 nitrogen and oxygen atoms in total. The summed E-state index contributed by atoms with van der Waals surface area (Å²) >= 11 is 0. The van der Waals surface area contributed by atoms with Crippen molar-refractivity contribution in [1.82, 2.24) is 4.98 Å². The van der Waals surface area contributed by atoms with Crippen LogP contribution in [0.5, 0.6) is 0 Å². The largest absolute Gasteiger partial charge is 0.299 e. The van der Waals surface area contributed by atoms with E-state index in [1.807, 2.05) is 38.1 Å². The van der Waals surface area contributed by atoms with E-state index in [1.54, 1.807) is 12.3 Å². The monoisotopic (exact) mass is 266 g/mol. The molecule has 1 aromatic carbocycles. The molecule has 1 aliphatic rings. The van der Waals surface area contributed by atoms with Gasteiger partial charge in [-0.05, 0) is 37.6 Å². The molecule has 1 aromatic heterocycles. The van der Waals surface area contributed by atoms with Crippen LogP contribution in [0.1, 0.15) is 27.2 Å². The highest BCUT2D eigenvalue weighted by Crippen LogP contribution is 2.31. The first-order chi connectivity index (χ1) is 9.58. The van der Waals surface area contributed by atoms with Crippen LogP contribution in [0.3, 0.4) is 0 Å². The molecule has 2 heterocycles. The van der Waals surface area contributed by atoms with Crippen LogP contribution in [0.4, 0.5) is 5.69 Å². The van der Waals surface area contributed by atoms with Crippen molar-refractivity contribution in [1.29, 1.82) is 0 Å². The summed E-state index contributed by atoms with van der Waals surface area (Å²) in [7, 11) is 0. The Morgan fingerprint density at radius 2 is 1.95 bits per heavy atom. The van der Waals surface area contributed by atoms with Gasteiger partial charge in [0.05, 0.1) is 23.5 Å². The van der Waals surface area contributed by atoms with E-state index in [2.05, 4.69) is 4.98 Å². The molecule has 0 spiro atoms. The van der Waals surface area contributed by atoms with Crippen LogP contribution in [0.15, 0.2) is 36.5 Å². The van der Waals surface area contributed by atoms with Crippen LogP contribution in [-0.2, 0) is 11.3 Å². The maximum atomic E-state index is 12.1. The fraction of sp³-hybridized carbons (Fsp3) is 0.188. The first-order valence-electron chi connectivity index (χ1n) is 6.45. The molecule has 0 atom stereocenters. The summed E-state index contributed by atoms with van der Waals surface area (Å²) < 4.78 is 0. The van der Waals surface area contributed by atoms with Crippen molar-refractivity contribution in [2.24, 2.45) is 0 Å². The van der Waals surface area contributed by atoms with E-state index < -0.39 is 11.7 Å². The van der Waals surface area contributed by atoms with Crippen LogP contribution >= 0.6 is 0 Å². The SMILES string of the molecule is Cc1ccc2c(c1)C(=O)C(=O)N2Cc1ncccc1C. The zero-order valence-electron chi connectivity index (χ0n) is 11.4. The summed E-state index contributed by atoms with van der Waals surface area (Å²) in [6, 6.07) is 9.30. The van der Waals surface area contributed by atoms with E-state index in [9.17, 15) is 9.59 Å². The molecule has 0 saturated heterocycles. The van der Waals surface area contributed by atoms with Gasteiger partial charge in [0.2, 0.25) is 0 Å². The third-order valence-corrected chi connectivity index (χ3v) is 3.55. The van der Waals surface area contributed by atoms with Gasteiger partial charge in [-0.25, -0.2) is 0 Å². The summed E-state index contributed by atoms with van der Waals surface area (Å²) in [6.45, 7) is 4.18. The number of anilines is 1. The Morgan fingerprint density at radius 3 is 2.70 bits per heavy atom. The standard InChI is InChI=1S/C16H14N2O2/c1-10-5-6-14-12(8-10)15(19)16(20)18(14)9-13-11(2)4-3-7-17-13/h3-8H,9H2,1-2H3. The molecular formula is C16H14N2O2. The smallest absolute Gasteiger partial charge is 0.299 e. The Balaban J connectivity index is 2.02. The van der Waals surface area contributed by atoms with Gasteiger partial charge >= 0.3 is 0 Å². The fourth-order valence-corrected chi connectivity index (χ4v) is 2.40.